The highest BCUT2D eigenvalue weighted by atomic mass is 19.2. The Labute approximate surface area is 179 Å². The number of benzene rings is 2. The van der Waals surface area contributed by atoms with Gasteiger partial charge in [0.15, 0.2) is 28.9 Å². The zero-order valence-electron chi connectivity index (χ0n) is 21.1. The van der Waals surface area contributed by atoms with Crippen molar-refractivity contribution in [2.45, 2.75) is 0 Å². The van der Waals surface area contributed by atoms with Crippen molar-refractivity contribution in [2.24, 2.45) is 0 Å². The van der Waals surface area contributed by atoms with E-state index >= 15 is 0 Å². The summed E-state index contributed by atoms with van der Waals surface area (Å²) in [6, 6.07) is 6.80. The van der Waals surface area contributed by atoms with Crippen LogP contribution in [0.1, 0.15) is 19.4 Å². The average Bonchev–Trinajstić information content (AvgIpc) is 2.72. The van der Waals surface area contributed by atoms with Gasteiger partial charge >= 0.3 is 7.47 Å². The number of rotatable bonds is 9. The van der Waals surface area contributed by atoms with E-state index in [-0.39, 0.29) is 11.1 Å². The summed E-state index contributed by atoms with van der Waals surface area (Å²) in [7, 11) is -9.33. The Balaban J connectivity index is 2.34. The molecule has 2 aromatic carbocycles. The predicted octanol–water partition coefficient (Wildman–Crippen LogP) is 5.10. The lowest BCUT2D eigenvalue weighted by molar-refractivity contribution is -0.110. The molecule has 0 saturated carbocycles. The monoisotopic (exact) mass is 426 g/mol. The lowest BCUT2D eigenvalue weighted by Gasteiger charge is -2.07. The molecule has 0 N–H and O–H groups in total. The zero-order valence-corrected chi connectivity index (χ0v) is 15.1. The van der Waals surface area contributed by atoms with Crippen LogP contribution in [-0.2, 0) is 9.45 Å². The van der Waals surface area contributed by atoms with Crippen LogP contribution >= 0.6 is 0 Å². The quantitative estimate of drug-likeness (QED) is 0.184. The zero-order chi connectivity index (χ0) is 27.1. The Bertz CT molecular complexity index is 1180. The molecule has 0 fully saturated rings. The first-order chi connectivity index (χ1) is 16.6. The van der Waals surface area contributed by atoms with Gasteiger partial charge < -0.3 is 14.1 Å². The minimum absolute atomic E-state index is 0.119. The van der Waals surface area contributed by atoms with Gasteiger partial charge in [0.1, 0.15) is 5.76 Å². The van der Waals surface area contributed by atoms with Crippen LogP contribution in [0.4, 0.5) is 17.4 Å². The van der Waals surface area contributed by atoms with Crippen LogP contribution in [0.15, 0.2) is 60.4 Å². The summed E-state index contributed by atoms with van der Waals surface area (Å²) in [6.45, 7) is 0. The Hall–Kier alpha value is -3.49. The Morgan fingerprint density at radius 1 is 0.933 bits per heavy atom. The predicted molar refractivity (Wildman–Crippen MR) is 106 cm³/mol. The average molecular weight is 426 g/mol. The fraction of sp³-hybridized carbons (Fsp3) is 0.0952. The molecular weight excluding hydrogens is 403 g/mol. The fourth-order valence-corrected chi connectivity index (χ4v) is 2.29. The molecule has 156 valence electrons. The first-order valence-corrected chi connectivity index (χ1v) is 8.16. The molecule has 0 aliphatic rings. The third-order valence-electron chi connectivity index (χ3n) is 3.56. The molecule has 0 heterocycles. The van der Waals surface area contributed by atoms with Crippen LogP contribution in [0.3, 0.4) is 0 Å². The van der Waals surface area contributed by atoms with E-state index in [2.05, 4.69) is 14.1 Å². The largest absolute Gasteiger partial charge is 0.796 e. The van der Waals surface area contributed by atoms with Gasteiger partial charge in [0.2, 0.25) is 0 Å². The fourth-order valence-electron chi connectivity index (χ4n) is 2.29. The number of hydrogen-bond acceptors (Lipinski definition) is 4. The SMILES string of the molecule is [2H]C([2H])([2H])Oc1c(F)cccc1/C=C/C(=O)/C=C(/C=C/c1cccc(F)c1OC([2H])([2H])[2H])OB(F)F. The van der Waals surface area contributed by atoms with Crippen molar-refractivity contribution in [3.8, 4) is 11.5 Å². The molecule has 30 heavy (non-hydrogen) atoms. The van der Waals surface area contributed by atoms with Crippen molar-refractivity contribution < 1.29 is 44.6 Å². The van der Waals surface area contributed by atoms with Crippen LogP contribution in [0, 0.1) is 11.6 Å². The lowest BCUT2D eigenvalue weighted by Crippen LogP contribution is -2.05. The molecule has 0 radical (unpaired) electrons. The van der Waals surface area contributed by atoms with Gasteiger partial charge in [-0.15, -0.1) is 0 Å². The van der Waals surface area contributed by atoms with Gasteiger partial charge in [-0.1, -0.05) is 24.3 Å². The lowest BCUT2D eigenvalue weighted by atomic mass is 10.1. The topological polar surface area (TPSA) is 44.8 Å². The van der Waals surface area contributed by atoms with Gasteiger partial charge in [0, 0.05) is 17.2 Å². The van der Waals surface area contributed by atoms with E-state index in [0.29, 0.717) is 6.08 Å². The molecule has 0 atom stereocenters. The number of halogens is 4. The first kappa shape index (κ1) is 15.4. The van der Waals surface area contributed by atoms with Crippen molar-refractivity contribution in [3.05, 3.63) is 83.1 Å². The number of methoxy groups -OCH3 is 2. The van der Waals surface area contributed by atoms with Crippen LogP contribution in [0.25, 0.3) is 12.2 Å². The Kier molecular flexibility index (Phi) is 5.58. The molecule has 0 unspecified atom stereocenters. The minimum Gasteiger partial charge on any atom is -0.505 e. The minimum atomic E-state index is -3.36. The maximum absolute atomic E-state index is 14.0. The van der Waals surface area contributed by atoms with Gasteiger partial charge in [0.05, 0.1) is 22.3 Å². The number of allylic oxidation sites excluding steroid dienone is 3. The number of ether oxygens (including phenoxy) is 2. The van der Waals surface area contributed by atoms with Crippen LogP contribution in [-0.4, -0.2) is 27.3 Å². The number of para-hydroxylation sites is 2. The van der Waals surface area contributed by atoms with Gasteiger partial charge in [-0.05, 0) is 36.4 Å². The van der Waals surface area contributed by atoms with Crippen molar-refractivity contribution in [1.29, 1.82) is 0 Å². The van der Waals surface area contributed by atoms with Gasteiger partial charge in [-0.2, -0.15) is 0 Å². The molecule has 0 saturated heterocycles. The maximum atomic E-state index is 14.0. The molecule has 0 aliphatic carbocycles. The second-order valence-electron chi connectivity index (χ2n) is 5.51. The third-order valence-corrected chi connectivity index (χ3v) is 3.56. The van der Waals surface area contributed by atoms with Crippen LogP contribution < -0.4 is 9.47 Å². The molecular formula is C21H17BF4O4. The smallest absolute Gasteiger partial charge is 0.505 e. The summed E-state index contributed by atoms with van der Waals surface area (Å²) in [5, 5.41) is 0. The maximum Gasteiger partial charge on any atom is 0.796 e. The van der Waals surface area contributed by atoms with E-state index in [0.717, 1.165) is 36.4 Å². The molecule has 0 aromatic heterocycles. The summed E-state index contributed by atoms with van der Waals surface area (Å²) in [4.78, 5) is 12.3. The molecule has 9 heteroatoms. The molecule has 0 aliphatic heterocycles. The van der Waals surface area contributed by atoms with E-state index in [1.165, 1.54) is 24.3 Å². The first-order valence-electron chi connectivity index (χ1n) is 11.2. The number of hydrogen-bond donors (Lipinski definition) is 0. The van der Waals surface area contributed by atoms with Gasteiger partial charge in [-0.25, -0.2) is 17.4 Å². The number of carbonyl (C=O) groups excluding carboxylic acids is 1. The second-order valence-corrected chi connectivity index (χ2v) is 5.51. The highest BCUT2D eigenvalue weighted by Gasteiger charge is 2.18. The summed E-state index contributed by atoms with van der Waals surface area (Å²) in [5.74, 6) is -4.99. The van der Waals surface area contributed by atoms with E-state index < -0.39 is 56.2 Å². The van der Waals surface area contributed by atoms with E-state index in [9.17, 15) is 22.2 Å². The summed E-state index contributed by atoms with van der Waals surface area (Å²) in [6.07, 6.45) is 4.28. The van der Waals surface area contributed by atoms with E-state index in [1.807, 2.05) is 0 Å². The van der Waals surface area contributed by atoms with E-state index in [1.54, 1.807) is 0 Å². The number of ketones is 1. The molecule has 0 bridgehead atoms. The normalized spacial score (nSPS) is 15.5. The van der Waals surface area contributed by atoms with Crippen molar-refractivity contribution >= 4 is 25.4 Å². The van der Waals surface area contributed by atoms with Crippen molar-refractivity contribution in [1.82, 2.24) is 0 Å². The highest BCUT2D eigenvalue weighted by Crippen LogP contribution is 2.25. The molecule has 4 nitrogen and oxygen atoms in total. The highest BCUT2D eigenvalue weighted by molar-refractivity contribution is 6.35. The van der Waals surface area contributed by atoms with Crippen molar-refractivity contribution in [3.63, 3.8) is 0 Å². The van der Waals surface area contributed by atoms with E-state index in [4.69, 9.17) is 8.22 Å². The Morgan fingerprint density at radius 3 is 1.97 bits per heavy atom. The van der Waals surface area contributed by atoms with Crippen LogP contribution in [0.2, 0.25) is 0 Å². The van der Waals surface area contributed by atoms with Gasteiger partial charge in [0.25, 0.3) is 0 Å². The number of carbonyl (C=O) groups is 1. The third kappa shape index (κ3) is 6.27. The Morgan fingerprint density at radius 2 is 1.47 bits per heavy atom. The molecule has 0 amide bonds. The molecule has 2 rings (SSSR count). The standard InChI is InChI=1S/C21H17BF4O4/c1-28-20-14(5-3-7-18(20)23)9-11-16(27)13-17(30-22(25)26)12-10-15-6-4-8-19(24)21(15)29-2/h3-13H,1-2H3/b11-9+,12-10+,17-13-/i1D3,2D3. The summed E-state index contributed by atoms with van der Waals surface area (Å²) in [5.41, 5.74) is -0.268. The summed E-state index contributed by atoms with van der Waals surface area (Å²) < 4.78 is 110. The summed E-state index contributed by atoms with van der Waals surface area (Å²) >= 11 is 0. The van der Waals surface area contributed by atoms with Crippen molar-refractivity contribution in [2.75, 3.05) is 14.1 Å². The molecule has 0 spiro atoms. The second kappa shape index (κ2) is 10.9. The van der Waals surface area contributed by atoms with Crippen LogP contribution in [0.5, 0.6) is 11.5 Å². The van der Waals surface area contributed by atoms with Gasteiger partial charge in [-0.3, -0.25) is 4.79 Å². The molecule has 2 aromatic rings.